The molecule has 2 atom stereocenters. The quantitative estimate of drug-likeness (QED) is 0.552. The molecule has 2 heteroatoms. The van der Waals surface area contributed by atoms with Crippen molar-refractivity contribution in [3.8, 4) is 0 Å². The second kappa shape index (κ2) is 3.35. The Hall–Kier alpha value is -0.0800. The molecular formula is C10H21NO. The molecule has 0 radical (unpaired) electrons. The molecule has 0 bridgehead atoms. The Morgan fingerprint density at radius 2 is 1.83 bits per heavy atom. The van der Waals surface area contributed by atoms with Gasteiger partial charge in [0.2, 0.25) is 0 Å². The van der Waals surface area contributed by atoms with E-state index in [1.807, 2.05) is 0 Å². The first-order valence-electron chi connectivity index (χ1n) is 4.79. The van der Waals surface area contributed by atoms with E-state index in [2.05, 4.69) is 39.5 Å². The Balaban J connectivity index is 2.61. The predicted molar refractivity (Wildman–Crippen MR) is 51.3 cm³/mol. The van der Waals surface area contributed by atoms with E-state index in [0.29, 0.717) is 12.1 Å². The number of rotatable bonds is 0. The summed E-state index contributed by atoms with van der Waals surface area (Å²) in [7, 11) is 0. The number of nitrogens with zero attached hydrogens (tertiary/aromatic N) is 1. The fraction of sp³-hybridized carbons (Fsp3) is 1.00. The first-order chi connectivity index (χ1) is 5.41. The SMILES string of the molecule is C[C@H]1CN(C(C)(C)C)[C@@H](C)CO1. The van der Waals surface area contributed by atoms with Crippen molar-refractivity contribution in [2.24, 2.45) is 0 Å². The summed E-state index contributed by atoms with van der Waals surface area (Å²) in [5.41, 5.74) is 0.275. The van der Waals surface area contributed by atoms with Crippen molar-refractivity contribution in [2.45, 2.75) is 52.3 Å². The molecular weight excluding hydrogens is 150 g/mol. The summed E-state index contributed by atoms with van der Waals surface area (Å²) in [4.78, 5) is 2.52. The Morgan fingerprint density at radius 1 is 1.25 bits per heavy atom. The summed E-state index contributed by atoms with van der Waals surface area (Å²) in [5, 5.41) is 0. The van der Waals surface area contributed by atoms with Crippen LogP contribution < -0.4 is 0 Å². The second-order valence-corrected chi connectivity index (χ2v) is 4.82. The zero-order chi connectivity index (χ0) is 9.35. The third-order valence-corrected chi connectivity index (χ3v) is 2.47. The highest BCUT2D eigenvalue weighted by atomic mass is 16.5. The van der Waals surface area contributed by atoms with E-state index in [9.17, 15) is 0 Å². The number of ether oxygens (including phenoxy) is 1. The van der Waals surface area contributed by atoms with E-state index in [-0.39, 0.29) is 5.54 Å². The highest BCUT2D eigenvalue weighted by Gasteiger charge is 2.31. The van der Waals surface area contributed by atoms with Gasteiger partial charge in [-0.05, 0) is 34.6 Å². The van der Waals surface area contributed by atoms with Gasteiger partial charge in [0, 0.05) is 18.1 Å². The zero-order valence-electron chi connectivity index (χ0n) is 8.92. The predicted octanol–water partition coefficient (Wildman–Crippen LogP) is 1.89. The first kappa shape index (κ1) is 10.0. The summed E-state index contributed by atoms with van der Waals surface area (Å²) in [6, 6.07) is 0.557. The minimum atomic E-state index is 0.275. The number of hydrogen-bond acceptors (Lipinski definition) is 2. The van der Waals surface area contributed by atoms with E-state index >= 15 is 0 Å². The molecule has 0 aromatic carbocycles. The molecule has 1 saturated heterocycles. The molecule has 0 aliphatic carbocycles. The topological polar surface area (TPSA) is 12.5 Å². The van der Waals surface area contributed by atoms with Crippen LogP contribution in [0.4, 0.5) is 0 Å². The van der Waals surface area contributed by atoms with Crippen molar-refractivity contribution in [3.05, 3.63) is 0 Å². The molecule has 1 fully saturated rings. The van der Waals surface area contributed by atoms with Crippen LogP contribution in [0.25, 0.3) is 0 Å². The molecule has 0 N–H and O–H groups in total. The Morgan fingerprint density at radius 3 is 2.25 bits per heavy atom. The lowest BCUT2D eigenvalue weighted by Gasteiger charge is -2.45. The Kier molecular flexibility index (Phi) is 2.79. The van der Waals surface area contributed by atoms with Gasteiger partial charge in [-0.2, -0.15) is 0 Å². The van der Waals surface area contributed by atoms with Gasteiger partial charge in [0.05, 0.1) is 12.7 Å². The van der Waals surface area contributed by atoms with Crippen molar-refractivity contribution >= 4 is 0 Å². The Labute approximate surface area is 75.9 Å². The molecule has 2 nitrogen and oxygen atoms in total. The maximum Gasteiger partial charge on any atom is 0.0675 e. The van der Waals surface area contributed by atoms with Crippen LogP contribution in [0.2, 0.25) is 0 Å². The van der Waals surface area contributed by atoms with Gasteiger partial charge in [-0.25, -0.2) is 0 Å². The smallest absolute Gasteiger partial charge is 0.0675 e. The van der Waals surface area contributed by atoms with Crippen molar-refractivity contribution < 1.29 is 4.74 Å². The van der Waals surface area contributed by atoms with Gasteiger partial charge in [-0.3, -0.25) is 4.90 Å². The van der Waals surface area contributed by atoms with Crippen molar-refractivity contribution in [3.63, 3.8) is 0 Å². The third-order valence-electron chi connectivity index (χ3n) is 2.47. The van der Waals surface area contributed by atoms with Gasteiger partial charge < -0.3 is 4.74 Å². The minimum absolute atomic E-state index is 0.275. The van der Waals surface area contributed by atoms with E-state index in [1.165, 1.54) is 0 Å². The molecule has 0 spiro atoms. The molecule has 72 valence electrons. The lowest BCUT2D eigenvalue weighted by molar-refractivity contribution is -0.0818. The molecule has 0 aromatic rings. The normalized spacial score (nSPS) is 33.8. The van der Waals surface area contributed by atoms with Crippen LogP contribution in [0.3, 0.4) is 0 Å². The van der Waals surface area contributed by atoms with Crippen LogP contribution >= 0.6 is 0 Å². The maximum atomic E-state index is 5.57. The molecule has 0 saturated carbocycles. The van der Waals surface area contributed by atoms with Gasteiger partial charge in [-0.1, -0.05) is 0 Å². The van der Waals surface area contributed by atoms with Crippen LogP contribution in [-0.2, 0) is 4.74 Å². The van der Waals surface area contributed by atoms with Crippen LogP contribution in [0.15, 0.2) is 0 Å². The van der Waals surface area contributed by atoms with E-state index in [4.69, 9.17) is 4.74 Å². The average molecular weight is 171 g/mol. The summed E-state index contributed by atoms with van der Waals surface area (Å²) in [6.07, 6.45) is 0.389. The van der Waals surface area contributed by atoms with E-state index in [1.54, 1.807) is 0 Å². The number of morpholine rings is 1. The molecule has 1 heterocycles. The fourth-order valence-corrected chi connectivity index (χ4v) is 1.84. The molecule has 0 aromatic heterocycles. The van der Waals surface area contributed by atoms with Gasteiger partial charge in [0.1, 0.15) is 0 Å². The molecule has 1 aliphatic rings. The Bertz CT molecular complexity index is 150. The second-order valence-electron chi connectivity index (χ2n) is 4.82. The van der Waals surface area contributed by atoms with Gasteiger partial charge in [0.25, 0.3) is 0 Å². The maximum absolute atomic E-state index is 5.57. The monoisotopic (exact) mass is 171 g/mol. The molecule has 1 aliphatic heterocycles. The number of hydrogen-bond donors (Lipinski definition) is 0. The molecule has 0 unspecified atom stereocenters. The lowest BCUT2D eigenvalue weighted by atomic mass is 10.0. The molecule has 1 rings (SSSR count). The minimum Gasteiger partial charge on any atom is -0.376 e. The first-order valence-corrected chi connectivity index (χ1v) is 4.79. The van der Waals surface area contributed by atoms with Crippen molar-refractivity contribution in [1.29, 1.82) is 0 Å². The van der Waals surface area contributed by atoms with Gasteiger partial charge in [-0.15, -0.1) is 0 Å². The van der Waals surface area contributed by atoms with Gasteiger partial charge in [0.15, 0.2) is 0 Å². The summed E-state index contributed by atoms with van der Waals surface area (Å²) < 4.78 is 5.57. The van der Waals surface area contributed by atoms with Crippen molar-refractivity contribution in [1.82, 2.24) is 4.90 Å². The zero-order valence-corrected chi connectivity index (χ0v) is 8.92. The molecule has 0 amide bonds. The summed E-state index contributed by atoms with van der Waals surface area (Å²) in [5.74, 6) is 0. The van der Waals surface area contributed by atoms with Crippen LogP contribution in [0.5, 0.6) is 0 Å². The van der Waals surface area contributed by atoms with Crippen LogP contribution in [-0.4, -0.2) is 35.7 Å². The largest absolute Gasteiger partial charge is 0.376 e. The summed E-state index contributed by atoms with van der Waals surface area (Å²) >= 11 is 0. The van der Waals surface area contributed by atoms with Crippen molar-refractivity contribution in [2.75, 3.05) is 13.2 Å². The summed E-state index contributed by atoms with van der Waals surface area (Å²) in [6.45, 7) is 13.1. The van der Waals surface area contributed by atoms with Crippen LogP contribution in [0.1, 0.15) is 34.6 Å². The fourth-order valence-electron chi connectivity index (χ4n) is 1.84. The average Bonchev–Trinajstić information content (AvgIpc) is 1.92. The van der Waals surface area contributed by atoms with E-state index in [0.717, 1.165) is 13.2 Å². The standard InChI is InChI=1S/C10H21NO/c1-8-7-12-9(2)6-11(8)10(3,4)5/h8-9H,6-7H2,1-5H3/t8-,9-/m0/s1. The van der Waals surface area contributed by atoms with E-state index < -0.39 is 0 Å². The van der Waals surface area contributed by atoms with Gasteiger partial charge >= 0.3 is 0 Å². The highest BCUT2D eigenvalue weighted by Crippen LogP contribution is 2.21. The lowest BCUT2D eigenvalue weighted by Crippen LogP contribution is -2.55. The third kappa shape index (κ3) is 2.20. The molecule has 12 heavy (non-hydrogen) atoms. The van der Waals surface area contributed by atoms with Crippen LogP contribution in [0, 0.1) is 0 Å². The highest BCUT2D eigenvalue weighted by molar-refractivity contribution is 4.85.